The lowest BCUT2D eigenvalue weighted by atomic mass is 10.1. The fourth-order valence-corrected chi connectivity index (χ4v) is 3.10. The Morgan fingerprint density at radius 3 is 2.27 bits per heavy atom. The zero-order valence-electron chi connectivity index (χ0n) is 15.9. The second-order valence-electron chi connectivity index (χ2n) is 6.79. The molecule has 148 valence electrons. The number of carbonyl (C=O) groups is 2. The van der Waals surface area contributed by atoms with Crippen LogP contribution in [0.25, 0.3) is 10.9 Å². The summed E-state index contributed by atoms with van der Waals surface area (Å²) in [4.78, 5) is 40.5. The van der Waals surface area contributed by atoms with Gasteiger partial charge in [0.1, 0.15) is 0 Å². The number of primary amides is 1. The Morgan fingerprint density at radius 2 is 1.57 bits per heavy atom. The summed E-state index contributed by atoms with van der Waals surface area (Å²) in [5.41, 5.74) is 8.04. The minimum atomic E-state index is -0.524. The number of aromatic nitrogens is 2. The number of anilines is 1. The fourth-order valence-electron chi connectivity index (χ4n) is 3.10. The summed E-state index contributed by atoms with van der Waals surface area (Å²) >= 11 is 0. The van der Waals surface area contributed by atoms with Crippen LogP contribution in [-0.2, 0) is 6.54 Å². The fraction of sp³-hybridized carbons (Fsp3) is 0.0435. The van der Waals surface area contributed by atoms with Gasteiger partial charge in [-0.1, -0.05) is 24.3 Å². The van der Waals surface area contributed by atoms with Crippen LogP contribution >= 0.6 is 0 Å². The minimum absolute atomic E-state index is 0.109. The predicted octanol–water partition coefficient (Wildman–Crippen LogP) is 2.80. The maximum atomic E-state index is 12.6. The van der Waals surface area contributed by atoms with E-state index in [1.807, 2.05) is 12.1 Å². The molecule has 7 nitrogen and oxygen atoms in total. The summed E-state index contributed by atoms with van der Waals surface area (Å²) in [6.07, 6.45) is 1.53. The highest BCUT2D eigenvalue weighted by atomic mass is 16.2. The molecule has 0 fully saturated rings. The molecule has 0 bridgehead atoms. The number of hydrogen-bond acceptors (Lipinski definition) is 4. The van der Waals surface area contributed by atoms with E-state index in [2.05, 4.69) is 10.3 Å². The molecule has 4 rings (SSSR count). The van der Waals surface area contributed by atoms with Gasteiger partial charge in [0.15, 0.2) is 0 Å². The van der Waals surface area contributed by atoms with Crippen LogP contribution < -0.4 is 16.6 Å². The van der Waals surface area contributed by atoms with Crippen LogP contribution in [-0.4, -0.2) is 21.4 Å². The van der Waals surface area contributed by atoms with Crippen LogP contribution in [0.2, 0.25) is 0 Å². The maximum absolute atomic E-state index is 12.6. The molecule has 7 heteroatoms. The summed E-state index contributed by atoms with van der Waals surface area (Å²) in [6, 6.07) is 20.5. The van der Waals surface area contributed by atoms with E-state index < -0.39 is 5.91 Å². The van der Waals surface area contributed by atoms with Gasteiger partial charge in [0.25, 0.3) is 11.5 Å². The molecule has 0 atom stereocenters. The maximum Gasteiger partial charge on any atom is 0.261 e. The highest BCUT2D eigenvalue weighted by molar-refractivity contribution is 6.04. The molecular formula is C23H18N4O3. The van der Waals surface area contributed by atoms with Crippen LogP contribution in [0.5, 0.6) is 0 Å². The van der Waals surface area contributed by atoms with Crippen molar-refractivity contribution in [1.29, 1.82) is 0 Å². The summed E-state index contributed by atoms with van der Waals surface area (Å²) in [5, 5.41) is 3.33. The Bertz CT molecular complexity index is 1290. The Morgan fingerprint density at radius 1 is 0.900 bits per heavy atom. The van der Waals surface area contributed by atoms with E-state index in [4.69, 9.17) is 5.73 Å². The molecule has 2 amide bonds. The van der Waals surface area contributed by atoms with Crippen molar-refractivity contribution in [2.24, 2.45) is 5.73 Å². The van der Waals surface area contributed by atoms with Crippen LogP contribution in [0.3, 0.4) is 0 Å². The summed E-state index contributed by atoms with van der Waals surface area (Å²) < 4.78 is 1.54. The zero-order chi connectivity index (χ0) is 21.1. The lowest BCUT2D eigenvalue weighted by Gasteiger charge is -2.09. The number of para-hydroxylation sites is 1. The largest absolute Gasteiger partial charge is 0.366 e. The van der Waals surface area contributed by atoms with E-state index in [1.54, 1.807) is 60.7 Å². The SMILES string of the molecule is NC(=O)c1ccc(NC(=O)c2ccc(Cn3cnc4ccccc4c3=O)cc2)cc1. The van der Waals surface area contributed by atoms with E-state index in [1.165, 1.54) is 10.9 Å². The number of nitrogens with zero attached hydrogens (tertiary/aromatic N) is 2. The van der Waals surface area contributed by atoms with Gasteiger partial charge in [-0.2, -0.15) is 0 Å². The lowest BCUT2D eigenvalue weighted by molar-refractivity contribution is 0.0998. The van der Waals surface area contributed by atoms with E-state index >= 15 is 0 Å². The van der Waals surface area contributed by atoms with Crippen molar-refractivity contribution in [3.63, 3.8) is 0 Å². The third-order valence-corrected chi connectivity index (χ3v) is 4.73. The smallest absolute Gasteiger partial charge is 0.261 e. The number of nitrogens with two attached hydrogens (primary N) is 1. The quantitative estimate of drug-likeness (QED) is 0.539. The third kappa shape index (κ3) is 3.95. The minimum Gasteiger partial charge on any atom is -0.366 e. The molecule has 0 aliphatic carbocycles. The van der Waals surface area contributed by atoms with Crippen molar-refractivity contribution in [2.45, 2.75) is 6.54 Å². The van der Waals surface area contributed by atoms with Crippen LogP contribution in [0.1, 0.15) is 26.3 Å². The number of hydrogen-bond donors (Lipinski definition) is 2. The molecule has 3 N–H and O–H groups in total. The van der Waals surface area contributed by atoms with Crippen LogP contribution in [0.4, 0.5) is 5.69 Å². The highest BCUT2D eigenvalue weighted by Crippen LogP contribution is 2.13. The van der Waals surface area contributed by atoms with Gasteiger partial charge in [0.05, 0.1) is 23.8 Å². The van der Waals surface area contributed by atoms with Gasteiger partial charge in [-0.05, 0) is 54.1 Å². The van der Waals surface area contributed by atoms with Gasteiger partial charge < -0.3 is 11.1 Å². The average molecular weight is 398 g/mol. The molecule has 4 aromatic rings. The lowest BCUT2D eigenvalue weighted by Crippen LogP contribution is -2.21. The van der Waals surface area contributed by atoms with Gasteiger partial charge in [0, 0.05) is 16.8 Å². The number of nitrogens with one attached hydrogen (secondary N) is 1. The molecule has 0 saturated heterocycles. The van der Waals surface area contributed by atoms with Crippen molar-refractivity contribution in [1.82, 2.24) is 9.55 Å². The van der Waals surface area contributed by atoms with E-state index in [0.29, 0.717) is 34.3 Å². The van der Waals surface area contributed by atoms with Crippen molar-refractivity contribution in [3.05, 3.63) is 106 Å². The Hall–Kier alpha value is -4.26. The number of fused-ring (bicyclic) bond motifs is 1. The topological polar surface area (TPSA) is 107 Å². The number of benzene rings is 3. The number of rotatable bonds is 5. The van der Waals surface area contributed by atoms with Crippen molar-refractivity contribution >= 4 is 28.4 Å². The van der Waals surface area contributed by atoms with Gasteiger partial charge in [-0.25, -0.2) is 4.98 Å². The molecular weight excluding hydrogens is 380 g/mol. The average Bonchev–Trinajstić information content (AvgIpc) is 2.77. The van der Waals surface area contributed by atoms with Crippen molar-refractivity contribution < 1.29 is 9.59 Å². The Balaban J connectivity index is 1.47. The van der Waals surface area contributed by atoms with Gasteiger partial charge >= 0.3 is 0 Å². The Kier molecular flexibility index (Phi) is 5.09. The van der Waals surface area contributed by atoms with Crippen LogP contribution in [0.15, 0.2) is 83.9 Å². The van der Waals surface area contributed by atoms with Gasteiger partial charge in [-0.3, -0.25) is 19.0 Å². The zero-order valence-corrected chi connectivity index (χ0v) is 15.9. The van der Waals surface area contributed by atoms with Crippen molar-refractivity contribution in [2.75, 3.05) is 5.32 Å². The molecule has 3 aromatic carbocycles. The summed E-state index contributed by atoms with van der Waals surface area (Å²) in [7, 11) is 0. The first-order valence-corrected chi connectivity index (χ1v) is 9.25. The molecule has 1 heterocycles. The third-order valence-electron chi connectivity index (χ3n) is 4.73. The van der Waals surface area contributed by atoms with Gasteiger partial charge in [-0.15, -0.1) is 0 Å². The van der Waals surface area contributed by atoms with Gasteiger partial charge in [0.2, 0.25) is 5.91 Å². The predicted molar refractivity (Wildman–Crippen MR) is 114 cm³/mol. The molecule has 1 aromatic heterocycles. The standard InChI is InChI=1S/C23H18N4O3/c24-21(28)16-9-11-18(12-10-16)26-22(29)17-7-5-15(6-8-17)13-27-14-25-20-4-2-1-3-19(20)23(27)30/h1-12,14H,13H2,(H2,24,28)(H,26,29). The molecule has 0 saturated carbocycles. The second-order valence-corrected chi connectivity index (χ2v) is 6.79. The highest BCUT2D eigenvalue weighted by Gasteiger charge is 2.08. The molecule has 0 spiro atoms. The first-order valence-electron chi connectivity index (χ1n) is 9.25. The number of amides is 2. The molecule has 0 aliphatic heterocycles. The van der Waals surface area contributed by atoms with Crippen molar-refractivity contribution in [3.8, 4) is 0 Å². The summed E-state index contributed by atoms with van der Waals surface area (Å²) in [5.74, 6) is -0.804. The second kappa shape index (κ2) is 8.00. The molecule has 0 aliphatic rings. The normalized spacial score (nSPS) is 10.7. The monoisotopic (exact) mass is 398 g/mol. The summed E-state index contributed by atoms with van der Waals surface area (Å²) in [6.45, 7) is 0.354. The molecule has 30 heavy (non-hydrogen) atoms. The van der Waals surface area contributed by atoms with E-state index in [0.717, 1.165) is 5.56 Å². The molecule has 0 radical (unpaired) electrons. The first kappa shape index (κ1) is 19.1. The van der Waals surface area contributed by atoms with E-state index in [-0.39, 0.29) is 11.5 Å². The van der Waals surface area contributed by atoms with E-state index in [9.17, 15) is 14.4 Å². The number of carbonyl (C=O) groups excluding carboxylic acids is 2. The van der Waals surface area contributed by atoms with Crippen LogP contribution in [0, 0.1) is 0 Å². The first-order chi connectivity index (χ1) is 14.5. The Labute approximate surface area is 171 Å². The molecule has 0 unspecified atom stereocenters.